The second kappa shape index (κ2) is 8.49. The molecule has 0 bridgehead atoms. The number of morpholine rings is 1. The van der Waals surface area contributed by atoms with Crippen molar-refractivity contribution < 1.29 is 9.53 Å². The van der Waals surface area contributed by atoms with Crippen LogP contribution >= 0.6 is 0 Å². The fourth-order valence-corrected chi connectivity index (χ4v) is 3.77. The van der Waals surface area contributed by atoms with Gasteiger partial charge in [0, 0.05) is 45.0 Å². The van der Waals surface area contributed by atoms with E-state index in [-0.39, 0.29) is 5.91 Å². The minimum absolute atomic E-state index is 0.173. The van der Waals surface area contributed by atoms with E-state index >= 15 is 0 Å². The van der Waals surface area contributed by atoms with Crippen LogP contribution in [0.3, 0.4) is 0 Å². The molecule has 0 aliphatic carbocycles. The van der Waals surface area contributed by atoms with Crippen molar-refractivity contribution in [3.8, 4) is 0 Å². The lowest BCUT2D eigenvalue weighted by Gasteiger charge is -2.38. The molecule has 3 rings (SSSR count). The third-order valence-electron chi connectivity index (χ3n) is 5.20. The Morgan fingerprint density at radius 1 is 1.21 bits per heavy atom. The number of ether oxygens (including phenoxy) is 1. The quantitative estimate of drug-likeness (QED) is 0.900. The van der Waals surface area contributed by atoms with Gasteiger partial charge in [-0.25, -0.2) is 0 Å². The maximum absolute atomic E-state index is 13.1. The van der Waals surface area contributed by atoms with Crippen LogP contribution in [-0.2, 0) is 4.74 Å². The predicted molar refractivity (Wildman–Crippen MR) is 96.5 cm³/mol. The first-order valence-electron chi connectivity index (χ1n) is 9.17. The molecule has 1 aromatic carbocycles. The molecule has 0 saturated carbocycles. The molecular formula is C19H29N3O2. The van der Waals surface area contributed by atoms with Gasteiger partial charge in [0.25, 0.3) is 5.91 Å². The first-order valence-corrected chi connectivity index (χ1v) is 9.17. The van der Waals surface area contributed by atoms with Crippen LogP contribution < -0.4 is 5.32 Å². The van der Waals surface area contributed by atoms with E-state index < -0.39 is 0 Å². The van der Waals surface area contributed by atoms with E-state index in [4.69, 9.17) is 4.74 Å². The number of anilines is 1. The number of benzene rings is 1. The van der Waals surface area contributed by atoms with Crippen LogP contribution in [-0.4, -0.2) is 68.2 Å². The molecule has 2 aliphatic rings. The van der Waals surface area contributed by atoms with Gasteiger partial charge in [-0.3, -0.25) is 9.69 Å². The normalized spacial score (nSPS) is 22.4. The highest BCUT2D eigenvalue weighted by molar-refractivity contribution is 5.99. The van der Waals surface area contributed by atoms with E-state index in [2.05, 4.69) is 15.1 Å². The van der Waals surface area contributed by atoms with Gasteiger partial charge in [0.05, 0.1) is 18.8 Å². The zero-order valence-electron chi connectivity index (χ0n) is 14.7. The second-order valence-electron chi connectivity index (χ2n) is 6.69. The minimum Gasteiger partial charge on any atom is -0.387 e. The van der Waals surface area contributed by atoms with E-state index in [1.807, 2.05) is 31.3 Å². The van der Waals surface area contributed by atoms with Crippen molar-refractivity contribution >= 4 is 11.6 Å². The Labute approximate surface area is 145 Å². The Bertz CT molecular complexity index is 543. The Morgan fingerprint density at radius 3 is 2.79 bits per heavy atom. The second-order valence-corrected chi connectivity index (χ2v) is 6.69. The molecule has 2 aliphatic heterocycles. The smallest absolute Gasteiger partial charge is 0.256 e. The highest BCUT2D eigenvalue weighted by Gasteiger charge is 2.28. The van der Waals surface area contributed by atoms with Crippen LogP contribution in [0.4, 0.5) is 5.69 Å². The first kappa shape index (κ1) is 17.2. The standard InChI is InChI=1S/C19H29N3O2/c1-20-18-8-3-2-7-17(18)19(23)22-10-5-4-6-16(22)9-11-21-12-14-24-15-13-21/h2-3,7-8,16,20H,4-6,9-15H2,1H3/t16-/m1/s1. The molecule has 1 N–H and O–H groups in total. The van der Waals surface area contributed by atoms with Crippen molar-refractivity contribution in [3.63, 3.8) is 0 Å². The van der Waals surface area contributed by atoms with E-state index in [1.165, 1.54) is 6.42 Å². The lowest BCUT2D eigenvalue weighted by atomic mass is 9.97. The Balaban J connectivity index is 1.65. The summed E-state index contributed by atoms with van der Waals surface area (Å²) in [6.45, 7) is 5.65. The summed E-state index contributed by atoms with van der Waals surface area (Å²) >= 11 is 0. The van der Waals surface area contributed by atoms with Gasteiger partial charge in [-0.05, 0) is 37.8 Å². The number of likely N-dealkylation sites (tertiary alicyclic amines) is 1. The number of carbonyl (C=O) groups excluding carboxylic acids is 1. The fourth-order valence-electron chi connectivity index (χ4n) is 3.77. The number of nitrogens with zero attached hydrogens (tertiary/aromatic N) is 2. The van der Waals surface area contributed by atoms with Crippen LogP contribution in [0.2, 0.25) is 0 Å². The van der Waals surface area contributed by atoms with E-state index in [9.17, 15) is 4.79 Å². The zero-order chi connectivity index (χ0) is 16.8. The van der Waals surface area contributed by atoms with Crippen molar-refractivity contribution in [3.05, 3.63) is 29.8 Å². The number of para-hydroxylation sites is 1. The van der Waals surface area contributed by atoms with Gasteiger partial charge in [-0.15, -0.1) is 0 Å². The van der Waals surface area contributed by atoms with Crippen molar-refractivity contribution in [1.82, 2.24) is 9.80 Å². The monoisotopic (exact) mass is 331 g/mol. The van der Waals surface area contributed by atoms with Crippen LogP contribution in [0.1, 0.15) is 36.0 Å². The maximum Gasteiger partial charge on any atom is 0.256 e. The summed E-state index contributed by atoms with van der Waals surface area (Å²) in [6.07, 6.45) is 4.53. The van der Waals surface area contributed by atoms with E-state index in [0.717, 1.165) is 69.9 Å². The Hall–Kier alpha value is -1.59. The molecule has 0 aromatic heterocycles. The molecule has 1 atom stereocenters. The fraction of sp³-hybridized carbons (Fsp3) is 0.632. The number of rotatable bonds is 5. The largest absolute Gasteiger partial charge is 0.387 e. The summed E-state index contributed by atoms with van der Waals surface area (Å²) in [4.78, 5) is 17.7. The van der Waals surface area contributed by atoms with Crippen molar-refractivity contribution in [2.75, 3.05) is 51.8 Å². The topological polar surface area (TPSA) is 44.8 Å². The zero-order valence-corrected chi connectivity index (χ0v) is 14.7. The summed E-state index contributed by atoms with van der Waals surface area (Å²) in [5.74, 6) is 0.173. The molecule has 132 valence electrons. The van der Waals surface area contributed by atoms with Gasteiger partial charge < -0.3 is 15.0 Å². The van der Waals surface area contributed by atoms with Crippen molar-refractivity contribution in [1.29, 1.82) is 0 Å². The number of hydrogen-bond acceptors (Lipinski definition) is 4. The minimum atomic E-state index is 0.173. The molecule has 5 nitrogen and oxygen atoms in total. The molecular weight excluding hydrogens is 302 g/mol. The predicted octanol–water partition coefficient (Wildman–Crippen LogP) is 2.45. The van der Waals surface area contributed by atoms with E-state index in [1.54, 1.807) is 0 Å². The van der Waals surface area contributed by atoms with Crippen LogP contribution in [0.5, 0.6) is 0 Å². The number of carbonyl (C=O) groups is 1. The number of nitrogens with one attached hydrogen (secondary N) is 1. The third kappa shape index (κ3) is 4.08. The summed E-state index contributed by atoms with van der Waals surface area (Å²) in [7, 11) is 1.87. The lowest BCUT2D eigenvalue weighted by Crippen LogP contribution is -2.46. The number of piperidine rings is 1. The van der Waals surface area contributed by atoms with Gasteiger partial charge in [0.2, 0.25) is 0 Å². The van der Waals surface area contributed by atoms with Crippen molar-refractivity contribution in [2.45, 2.75) is 31.7 Å². The van der Waals surface area contributed by atoms with Gasteiger partial charge in [-0.2, -0.15) is 0 Å². The molecule has 0 radical (unpaired) electrons. The van der Waals surface area contributed by atoms with Crippen LogP contribution in [0.25, 0.3) is 0 Å². The molecule has 24 heavy (non-hydrogen) atoms. The molecule has 1 amide bonds. The molecule has 0 unspecified atom stereocenters. The molecule has 0 spiro atoms. The van der Waals surface area contributed by atoms with Crippen LogP contribution in [0.15, 0.2) is 24.3 Å². The molecule has 2 heterocycles. The van der Waals surface area contributed by atoms with Gasteiger partial charge in [-0.1, -0.05) is 12.1 Å². The number of hydrogen-bond donors (Lipinski definition) is 1. The summed E-state index contributed by atoms with van der Waals surface area (Å²) < 4.78 is 5.42. The average molecular weight is 331 g/mol. The Kier molecular flexibility index (Phi) is 6.10. The highest BCUT2D eigenvalue weighted by atomic mass is 16.5. The summed E-state index contributed by atoms with van der Waals surface area (Å²) in [5.41, 5.74) is 1.71. The van der Waals surface area contributed by atoms with Crippen molar-refractivity contribution in [2.24, 2.45) is 0 Å². The average Bonchev–Trinajstić information content (AvgIpc) is 2.67. The summed E-state index contributed by atoms with van der Waals surface area (Å²) in [5, 5.41) is 3.14. The SMILES string of the molecule is CNc1ccccc1C(=O)N1CCCC[C@@H]1CCN1CCOCC1. The van der Waals surface area contributed by atoms with Gasteiger partial charge in [0.1, 0.15) is 0 Å². The first-order chi connectivity index (χ1) is 11.8. The maximum atomic E-state index is 13.1. The molecule has 2 saturated heterocycles. The molecule has 1 aromatic rings. The molecule has 2 fully saturated rings. The Morgan fingerprint density at radius 2 is 2.00 bits per heavy atom. The van der Waals surface area contributed by atoms with Crippen LogP contribution in [0, 0.1) is 0 Å². The number of amides is 1. The lowest BCUT2D eigenvalue weighted by molar-refractivity contribution is 0.0296. The van der Waals surface area contributed by atoms with Gasteiger partial charge in [0.15, 0.2) is 0 Å². The van der Waals surface area contributed by atoms with E-state index in [0.29, 0.717) is 6.04 Å². The third-order valence-corrected chi connectivity index (χ3v) is 5.20. The summed E-state index contributed by atoms with van der Waals surface area (Å²) in [6, 6.07) is 8.18. The van der Waals surface area contributed by atoms with Gasteiger partial charge >= 0.3 is 0 Å². The molecule has 5 heteroatoms. The highest BCUT2D eigenvalue weighted by Crippen LogP contribution is 2.25.